The average molecular weight is 443 g/mol. The molecule has 5 rings (SSSR count). The van der Waals surface area contributed by atoms with Crippen LogP contribution in [0.15, 0.2) is 69.1 Å². The van der Waals surface area contributed by atoms with E-state index in [1.807, 2.05) is 42.5 Å². The maximum atomic E-state index is 13.1. The van der Waals surface area contributed by atoms with Gasteiger partial charge in [-0.1, -0.05) is 40.6 Å². The number of hydrogen-bond acceptors (Lipinski definition) is 7. The Morgan fingerprint density at radius 1 is 1.09 bits per heavy atom. The van der Waals surface area contributed by atoms with Gasteiger partial charge in [0, 0.05) is 23.6 Å². The lowest BCUT2D eigenvalue weighted by Crippen LogP contribution is -2.30. The maximum absolute atomic E-state index is 13.1. The molecule has 3 heterocycles. The molecule has 2 aromatic heterocycles. The number of fused-ring (bicyclic) bond motifs is 1. The van der Waals surface area contributed by atoms with Crippen molar-refractivity contribution in [1.82, 2.24) is 15.4 Å². The highest BCUT2D eigenvalue weighted by Gasteiger charge is 2.40. The van der Waals surface area contributed by atoms with E-state index >= 15 is 0 Å². The lowest BCUT2D eigenvalue weighted by molar-refractivity contribution is -0.120. The lowest BCUT2D eigenvalue weighted by atomic mass is 9.94. The molecular weight excluding hydrogens is 422 g/mol. The van der Waals surface area contributed by atoms with Gasteiger partial charge < -0.3 is 14.7 Å². The minimum absolute atomic E-state index is 0.219. The van der Waals surface area contributed by atoms with Crippen LogP contribution in [0.25, 0.3) is 10.8 Å². The van der Waals surface area contributed by atoms with Gasteiger partial charge >= 0.3 is 0 Å². The molecule has 1 aliphatic rings. The summed E-state index contributed by atoms with van der Waals surface area (Å²) in [5.74, 6) is -0.236. The molecule has 2 atom stereocenters. The van der Waals surface area contributed by atoms with Crippen LogP contribution in [0.4, 0.5) is 5.69 Å². The van der Waals surface area contributed by atoms with Crippen molar-refractivity contribution in [2.45, 2.75) is 26.4 Å². The van der Waals surface area contributed by atoms with E-state index in [0.717, 1.165) is 16.6 Å². The molecule has 0 fully saturated rings. The zero-order valence-corrected chi connectivity index (χ0v) is 18.0. The first kappa shape index (κ1) is 20.6. The van der Waals surface area contributed by atoms with Crippen LogP contribution in [0.2, 0.25) is 0 Å². The van der Waals surface area contributed by atoms with Crippen molar-refractivity contribution in [2.24, 2.45) is 11.1 Å². The largest absolute Gasteiger partial charge is 0.385 e. The number of carbonyl (C=O) groups is 1. The van der Waals surface area contributed by atoms with Crippen molar-refractivity contribution in [2.75, 3.05) is 5.32 Å². The molecule has 2 N–H and O–H groups in total. The molecule has 0 bridgehead atoms. The third-order valence-corrected chi connectivity index (χ3v) is 5.62. The Kier molecular flexibility index (Phi) is 5.21. The van der Waals surface area contributed by atoms with E-state index in [4.69, 9.17) is 9.36 Å². The first-order chi connectivity index (χ1) is 16.0. The number of oxime groups is 1. The number of aryl methyl sites for hydroxylation is 1. The zero-order valence-electron chi connectivity index (χ0n) is 18.0. The van der Waals surface area contributed by atoms with Crippen LogP contribution in [0, 0.1) is 12.8 Å². The summed E-state index contributed by atoms with van der Waals surface area (Å²) in [5, 5.41) is 19.1. The summed E-state index contributed by atoms with van der Waals surface area (Å²) < 4.78 is 5.13. The quantitative estimate of drug-likeness (QED) is 0.487. The van der Waals surface area contributed by atoms with Crippen molar-refractivity contribution in [3.8, 4) is 0 Å². The van der Waals surface area contributed by atoms with E-state index in [0.29, 0.717) is 34.7 Å². The normalized spacial score (nSPS) is 17.6. The molecule has 0 saturated carbocycles. The van der Waals surface area contributed by atoms with E-state index in [1.54, 1.807) is 26.0 Å². The summed E-state index contributed by atoms with van der Waals surface area (Å²) in [7, 11) is 0. The number of nitrogens with one attached hydrogen (secondary N) is 2. The van der Waals surface area contributed by atoms with Gasteiger partial charge in [-0.05, 0) is 37.6 Å². The second-order valence-corrected chi connectivity index (χ2v) is 8.01. The smallest absolute Gasteiger partial charge is 0.272 e. The summed E-state index contributed by atoms with van der Waals surface area (Å²) in [6.45, 7) is 3.53. The van der Waals surface area contributed by atoms with Crippen LogP contribution in [0.1, 0.15) is 35.7 Å². The van der Waals surface area contributed by atoms with Crippen LogP contribution in [-0.2, 0) is 16.1 Å². The van der Waals surface area contributed by atoms with E-state index < -0.39 is 12.0 Å². The third kappa shape index (κ3) is 4.00. The van der Waals surface area contributed by atoms with Gasteiger partial charge in [-0.2, -0.15) is 5.10 Å². The van der Waals surface area contributed by atoms with E-state index in [-0.39, 0.29) is 11.5 Å². The predicted octanol–water partition coefficient (Wildman–Crippen LogP) is 3.51. The number of aromatic amines is 1. The molecule has 4 aromatic rings. The lowest BCUT2D eigenvalue weighted by Gasteiger charge is -2.16. The van der Waals surface area contributed by atoms with E-state index in [1.165, 1.54) is 0 Å². The van der Waals surface area contributed by atoms with Gasteiger partial charge in [-0.3, -0.25) is 9.59 Å². The van der Waals surface area contributed by atoms with Crippen molar-refractivity contribution in [1.29, 1.82) is 0 Å². The van der Waals surface area contributed by atoms with Crippen molar-refractivity contribution in [3.63, 3.8) is 0 Å². The molecular formula is C24H21N5O4. The first-order valence-electron chi connectivity index (χ1n) is 10.5. The molecule has 9 nitrogen and oxygen atoms in total. The summed E-state index contributed by atoms with van der Waals surface area (Å²) in [6, 6.07) is 16.6. The number of anilines is 1. The number of nitrogens with zero attached hydrogens (tertiary/aromatic N) is 3. The second kappa shape index (κ2) is 8.34. The Balaban J connectivity index is 1.37. The summed E-state index contributed by atoms with van der Waals surface area (Å²) >= 11 is 0. The molecule has 1 aliphatic heterocycles. The molecule has 0 saturated heterocycles. The number of amides is 1. The highest BCUT2D eigenvalue weighted by Crippen LogP contribution is 2.33. The molecule has 0 spiro atoms. The summed E-state index contributed by atoms with van der Waals surface area (Å²) in [4.78, 5) is 30.6. The number of carbonyl (C=O) groups excluding carboxylic acids is 1. The number of hydrogen-bond donors (Lipinski definition) is 2. The number of H-pyrrole nitrogens is 1. The number of aromatic nitrogens is 3. The molecule has 33 heavy (non-hydrogen) atoms. The van der Waals surface area contributed by atoms with Gasteiger partial charge in [0.25, 0.3) is 5.56 Å². The molecule has 0 aliphatic carbocycles. The standard InChI is InChI=1S/C24H21N5O4/c1-13-10-20(29-32-13)22-21(14(2)28-33-22)24(31)25-16-7-5-6-15(11-16)12-19-17-8-3-4-9-18(17)23(30)27-26-19/h3-11,21-22H,12H2,1-2H3,(H,25,31)(H,27,30). The maximum Gasteiger partial charge on any atom is 0.272 e. The fraction of sp³-hybridized carbons (Fsp3) is 0.208. The number of benzene rings is 2. The third-order valence-electron chi connectivity index (χ3n) is 5.62. The average Bonchev–Trinajstić information content (AvgIpc) is 3.41. The Bertz CT molecular complexity index is 1440. The summed E-state index contributed by atoms with van der Waals surface area (Å²) in [5.41, 5.74) is 3.21. The fourth-order valence-electron chi connectivity index (χ4n) is 4.03. The molecule has 166 valence electrons. The van der Waals surface area contributed by atoms with Crippen molar-refractivity contribution < 1.29 is 14.2 Å². The van der Waals surface area contributed by atoms with Crippen molar-refractivity contribution >= 4 is 28.1 Å². The van der Waals surface area contributed by atoms with Crippen LogP contribution in [0.5, 0.6) is 0 Å². The Labute approximate surface area is 188 Å². The predicted molar refractivity (Wildman–Crippen MR) is 122 cm³/mol. The second-order valence-electron chi connectivity index (χ2n) is 8.01. The molecule has 0 radical (unpaired) electrons. The molecule has 9 heteroatoms. The molecule has 2 aromatic carbocycles. The monoisotopic (exact) mass is 443 g/mol. The SMILES string of the molecule is CC1=NOC(c2cc(C)on2)C1C(=O)Nc1cccc(Cc2n[nH]c(=O)c3ccccc23)c1. The van der Waals surface area contributed by atoms with Gasteiger partial charge in [-0.15, -0.1) is 0 Å². The fourth-order valence-corrected chi connectivity index (χ4v) is 4.03. The van der Waals surface area contributed by atoms with Gasteiger partial charge in [-0.25, -0.2) is 5.10 Å². The highest BCUT2D eigenvalue weighted by atomic mass is 16.6. The van der Waals surface area contributed by atoms with Gasteiger partial charge in [0.05, 0.1) is 16.8 Å². The van der Waals surface area contributed by atoms with Crippen LogP contribution < -0.4 is 10.9 Å². The Hall–Kier alpha value is -4.27. The van der Waals surface area contributed by atoms with Crippen LogP contribution in [-0.4, -0.2) is 27.0 Å². The van der Waals surface area contributed by atoms with Crippen LogP contribution in [0.3, 0.4) is 0 Å². The summed E-state index contributed by atoms with van der Waals surface area (Å²) in [6.07, 6.45) is -0.142. The minimum atomic E-state index is -0.637. The number of rotatable bonds is 5. The zero-order chi connectivity index (χ0) is 22.9. The van der Waals surface area contributed by atoms with E-state index in [2.05, 4.69) is 25.8 Å². The highest BCUT2D eigenvalue weighted by molar-refractivity contribution is 6.09. The minimum Gasteiger partial charge on any atom is -0.385 e. The van der Waals surface area contributed by atoms with Gasteiger partial charge in [0.1, 0.15) is 17.4 Å². The van der Waals surface area contributed by atoms with Crippen LogP contribution >= 0.6 is 0 Å². The Morgan fingerprint density at radius 3 is 2.70 bits per heavy atom. The van der Waals surface area contributed by atoms with Gasteiger partial charge in [0.15, 0.2) is 6.10 Å². The first-order valence-corrected chi connectivity index (χ1v) is 10.5. The molecule has 2 unspecified atom stereocenters. The van der Waals surface area contributed by atoms with E-state index in [9.17, 15) is 9.59 Å². The topological polar surface area (TPSA) is 122 Å². The Morgan fingerprint density at radius 2 is 1.91 bits per heavy atom. The van der Waals surface area contributed by atoms with Crippen molar-refractivity contribution in [3.05, 3.63) is 87.7 Å². The molecule has 1 amide bonds. The van der Waals surface area contributed by atoms with Gasteiger partial charge in [0.2, 0.25) is 5.91 Å².